The predicted octanol–water partition coefficient (Wildman–Crippen LogP) is 3.31. The monoisotopic (exact) mass is 246 g/mol. The van der Waals surface area contributed by atoms with Gasteiger partial charge in [0.15, 0.2) is 0 Å². The predicted molar refractivity (Wildman–Crippen MR) is 52.8 cm³/mol. The summed E-state index contributed by atoms with van der Waals surface area (Å²) in [5.74, 6) is 0. The highest BCUT2D eigenvalue weighted by molar-refractivity contribution is 9.08. The Hall–Kier alpha value is -0.0500. The lowest BCUT2D eigenvalue weighted by Crippen LogP contribution is -1.88. The zero-order valence-electron chi connectivity index (χ0n) is 6.39. The van der Waals surface area contributed by atoms with Crippen LogP contribution in [0.5, 0.6) is 0 Å². The normalized spacial score (nSPS) is 21.0. The fourth-order valence-electron chi connectivity index (χ4n) is 1.23. The van der Waals surface area contributed by atoms with Gasteiger partial charge in [0.25, 0.3) is 0 Å². The molecule has 1 aliphatic rings. The molecule has 0 radical (unpaired) electrons. The van der Waals surface area contributed by atoms with Crippen molar-refractivity contribution in [3.63, 3.8) is 0 Å². The first kappa shape index (κ1) is 8.54. The molecular formula is C9H8BrClO. The number of hydrogen-bond acceptors (Lipinski definition) is 1. The zero-order chi connectivity index (χ0) is 8.55. The molecule has 64 valence electrons. The average Bonchev–Trinajstić information content (AvgIpc) is 2.87. The van der Waals surface area contributed by atoms with Crippen LogP contribution in [0.2, 0.25) is 5.02 Å². The van der Waals surface area contributed by atoms with E-state index in [0.717, 1.165) is 17.0 Å². The minimum atomic E-state index is 0.315. The van der Waals surface area contributed by atoms with Gasteiger partial charge in [-0.25, -0.2) is 0 Å². The quantitative estimate of drug-likeness (QED) is 0.577. The van der Waals surface area contributed by atoms with Gasteiger partial charge in [0.2, 0.25) is 0 Å². The number of alkyl halides is 1. The fraction of sp³-hybridized carbons (Fsp3) is 0.333. The Bertz CT molecular complexity index is 297. The van der Waals surface area contributed by atoms with E-state index >= 15 is 0 Å². The molecule has 1 atom stereocenters. The molecule has 1 unspecified atom stereocenters. The summed E-state index contributed by atoms with van der Waals surface area (Å²) in [6.07, 6.45) is 0.315. The number of rotatable bonds is 2. The van der Waals surface area contributed by atoms with Crippen LogP contribution in [0.25, 0.3) is 0 Å². The van der Waals surface area contributed by atoms with Gasteiger partial charge in [-0.2, -0.15) is 0 Å². The Morgan fingerprint density at radius 3 is 2.92 bits per heavy atom. The fourth-order valence-corrected chi connectivity index (χ4v) is 1.91. The topological polar surface area (TPSA) is 12.5 Å². The third-order valence-corrected chi connectivity index (χ3v) is 2.77. The lowest BCUT2D eigenvalue weighted by atomic mass is 10.1. The van der Waals surface area contributed by atoms with E-state index in [9.17, 15) is 0 Å². The molecule has 0 aromatic heterocycles. The summed E-state index contributed by atoms with van der Waals surface area (Å²) in [4.78, 5) is 0. The Labute approximate surface area is 84.8 Å². The van der Waals surface area contributed by atoms with Gasteiger partial charge >= 0.3 is 0 Å². The van der Waals surface area contributed by atoms with Crippen LogP contribution in [0, 0.1) is 0 Å². The van der Waals surface area contributed by atoms with Crippen molar-refractivity contribution in [2.24, 2.45) is 0 Å². The molecule has 1 aliphatic heterocycles. The number of halogens is 2. The van der Waals surface area contributed by atoms with Crippen molar-refractivity contribution in [1.82, 2.24) is 0 Å². The molecule has 3 heteroatoms. The first-order valence-corrected chi connectivity index (χ1v) is 5.27. The minimum Gasteiger partial charge on any atom is -0.368 e. The maximum atomic E-state index is 5.86. The van der Waals surface area contributed by atoms with Crippen LogP contribution in [-0.2, 0) is 10.1 Å². The number of hydrogen-bond donors (Lipinski definition) is 0. The molecule has 2 rings (SSSR count). The zero-order valence-corrected chi connectivity index (χ0v) is 8.73. The summed E-state index contributed by atoms with van der Waals surface area (Å²) in [5, 5.41) is 1.62. The summed E-state index contributed by atoms with van der Waals surface area (Å²) in [7, 11) is 0. The van der Waals surface area contributed by atoms with Crippen LogP contribution in [-0.4, -0.2) is 6.61 Å². The van der Waals surface area contributed by atoms with E-state index in [4.69, 9.17) is 16.3 Å². The Kier molecular flexibility index (Phi) is 2.40. The van der Waals surface area contributed by atoms with Gasteiger partial charge < -0.3 is 4.74 Å². The van der Waals surface area contributed by atoms with Gasteiger partial charge in [-0.15, -0.1) is 0 Å². The van der Waals surface area contributed by atoms with Crippen LogP contribution >= 0.6 is 27.5 Å². The van der Waals surface area contributed by atoms with Gasteiger partial charge in [-0.3, -0.25) is 0 Å². The van der Waals surface area contributed by atoms with Crippen molar-refractivity contribution in [3.05, 3.63) is 34.3 Å². The van der Waals surface area contributed by atoms with E-state index < -0.39 is 0 Å². The number of ether oxygens (including phenoxy) is 1. The summed E-state index contributed by atoms with van der Waals surface area (Å²) in [6, 6.07) is 5.93. The second-order valence-electron chi connectivity index (χ2n) is 2.80. The number of epoxide rings is 1. The molecule has 0 amide bonds. The van der Waals surface area contributed by atoms with Crippen LogP contribution in [0.1, 0.15) is 17.2 Å². The molecule has 0 saturated carbocycles. The standard InChI is InChI=1S/C9H8BrClO/c10-4-6-3-7(11)1-2-8(6)9-5-12-9/h1-3,9H,4-5H2. The average molecular weight is 248 g/mol. The molecule has 0 spiro atoms. The molecule has 0 aliphatic carbocycles. The van der Waals surface area contributed by atoms with Gasteiger partial charge in [-0.05, 0) is 23.3 Å². The molecule has 1 aromatic carbocycles. The lowest BCUT2D eigenvalue weighted by Gasteiger charge is -2.03. The largest absolute Gasteiger partial charge is 0.368 e. The summed E-state index contributed by atoms with van der Waals surface area (Å²) < 4.78 is 5.21. The molecule has 1 aromatic rings. The van der Waals surface area contributed by atoms with Crippen LogP contribution in [0.15, 0.2) is 18.2 Å². The van der Waals surface area contributed by atoms with Crippen molar-refractivity contribution in [1.29, 1.82) is 0 Å². The molecule has 0 N–H and O–H groups in total. The lowest BCUT2D eigenvalue weighted by molar-refractivity contribution is 0.415. The SMILES string of the molecule is Clc1ccc(C2CO2)c(CBr)c1. The summed E-state index contributed by atoms with van der Waals surface area (Å²) in [5.41, 5.74) is 2.49. The molecule has 1 nitrogen and oxygen atoms in total. The van der Waals surface area contributed by atoms with Crippen molar-refractivity contribution >= 4 is 27.5 Å². The highest BCUT2D eigenvalue weighted by atomic mass is 79.9. The van der Waals surface area contributed by atoms with E-state index in [2.05, 4.69) is 15.9 Å². The Balaban J connectivity index is 2.38. The highest BCUT2D eigenvalue weighted by Crippen LogP contribution is 2.34. The van der Waals surface area contributed by atoms with E-state index in [0.29, 0.717) is 6.10 Å². The third-order valence-electron chi connectivity index (χ3n) is 1.93. The summed E-state index contributed by atoms with van der Waals surface area (Å²) >= 11 is 9.28. The first-order valence-electron chi connectivity index (χ1n) is 3.77. The second kappa shape index (κ2) is 3.36. The maximum absolute atomic E-state index is 5.86. The van der Waals surface area contributed by atoms with E-state index in [1.165, 1.54) is 11.1 Å². The maximum Gasteiger partial charge on any atom is 0.106 e. The summed E-state index contributed by atoms with van der Waals surface area (Å²) in [6.45, 7) is 0.849. The van der Waals surface area contributed by atoms with Crippen molar-refractivity contribution < 1.29 is 4.74 Å². The third kappa shape index (κ3) is 1.65. The van der Waals surface area contributed by atoms with Crippen molar-refractivity contribution in [2.45, 2.75) is 11.4 Å². The van der Waals surface area contributed by atoms with Gasteiger partial charge in [0, 0.05) is 10.4 Å². The van der Waals surface area contributed by atoms with Gasteiger partial charge in [-0.1, -0.05) is 33.6 Å². The van der Waals surface area contributed by atoms with Gasteiger partial charge in [0.1, 0.15) is 6.10 Å². The first-order chi connectivity index (χ1) is 5.81. The number of benzene rings is 1. The van der Waals surface area contributed by atoms with E-state index in [1.54, 1.807) is 0 Å². The van der Waals surface area contributed by atoms with Crippen molar-refractivity contribution in [3.8, 4) is 0 Å². The Morgan fingerprint density at radius 2 is 2.33 bits per heavy atom. The van der Waals surface area contributed by atoms with E-state index in [1.807, 2.05) is 18.2 Å². The molecule has 12 heavy (non-hydrogen) atoms. The molecule has 0 bridgehead atoms. The highest BCUT2D eigenvalue weighted by Gasteiger charge is 2.26. The smallest absolute Gasteiger partial charge is 0.106 e. The molecule has 1 saturated heterocycles. The minimum absolute atomic E-state index is 0.315. The van der Waals surface area contributed by atoms with Gasteiger partial charge in [0.05, 0.1) is 6.61 Å². The Morgan fingerprint density at radius 1 is 1.58 bits per heavy atom. The van der Waals surface area contributed by atoms with Crippen LogP contribution in [0.4, 0.5) is 0 Å². The molecule has 1 fully saturated rings. The second-order valence-corrected chi connectivity index (χ2v) is 3.80. The van der Waals surface area contributed by atoms with Crippen LogP contribution < -0.4 is 0 Å². The van der Waals surface area contributed by atoms with Crippen LogP contribution in [0.3, 0.4) is 0 Å². The van der Waals surface area contributed by atoms with Crippen molar-refractivity contribution in [2.75, 3.05) is 6.61 Å². The molecule has 1 heterocycles. The molecular weight excluding hydrogens is 239 g/mol. The van der Waals surface area contributed by atoms with E-state index in [-0.39, 0.29) is 0 Å².